The highest BCUT2D eigenvalue weighted by Gasteiger charge is 2.17. The number of ether oxygens (including phenoxy) is 1. The van der Waals surface area contributed by atoms with Crippen molar-refractivity contribution < 1.29 is 28.9 Å². The largest absolute Gasteiger partial charge is 0.491 e. The van der Waals surface area contributed by atoms with Crippen molar-refractivity contribution in [1.29, 1.82) is 0 Å². The highest BCUT2D eigenvalue weighted by atomic mass is 19.1. The molecule has 0 amide bonds. The summed E-state index contributed by atoms with van der Waals surface area (Å²) in [4.78, 5) is 21.6. The number of carbonyl (C=O) groups is 2. The van der Waals surface area contributed by atoms with Gasteiger partial charge in [0.2, 0.25) is 0 Å². The lowest BCUT2D eigenvalue weighted by Gasteiger charge is -2.12. The fraction of sp³-hybridized carbons (Fsp3) is 0.500. The topological polar surface area (TPSA) is 83.8 Å². The summed E-state index contributed by atoms with van der Waals surface area (Å²) >= 11 is 0. The molecule has 0 saturated carbocycles. The van der Waals surface area contributed by atoms with E-state index >= 15 is 0 Å². The molecule has 0 aliphatic heterocycles. The smallest absolute Gasteiger partial charge is 0.306 e. The molecule has 2 N–H and O–H groups in total. The molecule has 1 atom stereocenters. The second-order valence-electron chi connectivity index (χ2n) is 5.04. The molecule has 0 spiro atoms. The van der Waals surface area contributed by atoms with E-state index in [2.05, 4.69) is 0 Å². The lowest BCUT2D eigenvalue weighted by atomic mass is 9.94. The van der Waals surface area contributed by atoms with Crippen LogP contribution in [0.5, 0.6) is 5.75 Å². The molecule has 0 fully saturated rings. The van der Waals surface area contributed by atoms with Crippen LogP contribution in [0.15, 0.2) is 24.3 Å². The number of halogens is 1. The molecule has 5 nitrogen and oxygen atoms in total. The number of carboxylic acid groups (broad SMARTS) is 2. The van der Waals surface area contributed by atoms with Crippen LogP contribution in [0.2, 0.25) is 0 Å². The molecular weight excluding hydrogens is 291 g/mol. The predicted molar refractivity (Wildman–Crippen MR) is 78.8 cm³/mol. The van der Waals surface area contributed by atoms with Crippen molar-refractivity contribution >= 4 is 11.9 Å². The summed E-state index contributed by atoms with van der Waals surface area (Å²) in [5.74, 6) is -1.76. The first-order chi connectivity index (χ1) is 10.5. The Bertz CT molecular complexity index is 472. The van der Waals surface area contributed by atoms with Crippen molar-refractivity contribution in [2.45, 2.75) is 32.1 Å². The van der Waals surface area contributed by atoms with Gasteiger partial charge in [-0.15, -0.1) is 0 Å². The first-order valence-electron chi connectivity index (χ1n) is 7.25. The van der Waals surface area contributed by atoms with E-state index in [1.165, 1.54) is 0 Å². The van der Waals surface area contributed by atoms with Crippen LogP contribution in [-0.4, -0.2) is 35.4 Å². The Morgan fingerprint density at radius 2 is 1.82 bits per heavy atom. The Hall–Kier alpha value is -2.11. The number of aliphatic carboxylic acids is 2. The number of hydrogen-bond donors (Lipinski definition) is 2. The van der Waals surface area contributed by atoms with Gasteiger partial charge in [0.15, 0.2) is 0 Å². The minimum Gasteiger partial charge on any atom is -0.491 e. The highest BCUT2D eigenvalue weighted by molar-refractivity contribution is 5.70. The van der Waals surface area contributed by atoms with E-state index < -0.39 is 24.5 Å². The standard InChI is InChI=1S/C16H21FO5/c17-10-11-22-14-8-5-12(6-9-14)4-7-13(16(20)21)2-1-3-15(18)19/h5-6,8-9,13H,1-4,7,10-11H2,(H,18,19)(H,20,21). The second kappa shape index (κ2) is 9.76. The van der Waals surface area contributed by atoms with Gasteiger partial charge in [-0.05, 0) is 43.4 Å². The summed E-state index contributed by atoms with van der Waals surface area (Å²) in [5.41, 5.74) is 0.970. The van der Waals surface area contributed by atoms with Crippen LogP contribution in [0.1, 0.15) is 31.2 Å². The van der Waals surface area contributed by atoms with Gasteiger partial charge in [-0.2, -0.15) is 0 Å². The zero-order valence-corrected chi connectivity index (χ0v) is 12.3. The Morgan fingerprint density at radius 3 is 2.36 bits per heavy atom. The number of aryl methyl sites for hydroxylation is 1. The van der Waals surface area contributed by atoms with Crippen molar-refractivity contribution in [1.82, 2.24) is 0 Å². The lowest BCUT2D eigenvalue weighted by Crippen LogP contribution is -2.15. The predicted octanol–water partition coefficient (Wildman–Crippen LogP) is 2.92. The molecule has 1 rings (SSSR count). The van der Waals surface area contributed by atoms with Crippen molar-refractivity contribution in [3.63, 3.8) is 0 Å². The average Bonchev–Trinajstić information content (AvgIpc) is 2.49. The van der Waals surface area contributed by atoms with Gasteiger partial charge in [-0.3, -0.25) is 9.59 Å². The molecule has 0 bridgehead atoms. The first kappa shape index (κ1) is 17.9. The van der Waals surface area contributed by atoms with Gasteiger partial charge in [0.1, 0.15) is 19.0 Å². The molecule has 1 aromatic carbocycles. The molecule has 1 aromatic rings. The zero-order valence-electron chi connectivity index (χ0n) is 12.3. The average molecular weight is 312 g/mol. The number of hydrogen-bond acceptors (Lipinski definition) is 3. The molecule has 0 aliphatic carbocycles. The minimum absolute atomic E-state index is 0.00954. The number of carboxylic acids is 2. The van der Waals surface area contributed by atoms with Crippen LogP contribution in [0, 0.1) is 5.92 Å². The van der Waals surface area contributed by atoms with Crippen molar-refractivity contribution in [2.24, 2.45) is 5.92 Å². The summed E-state index contributed by atoms with van der Waals surface area (Å²) in [6, 6.07) is 7.10. The molecule has 0 saturated heterocycles. The van der Waals surface area contributed by atoms with Crippen LogP contribution in [0.3, 0.4) is 0 Å². The van der Waals surface area contributed by atoms with Crippen LogP contribution >= 0.6 is 0 Å². The summed E-state index contributed by atoms with van der Waals surface area (Å²) in [5, 5.41) is 17.7. The minimum atomic E-state index is -0.909. The molecule has 0 aromatic heterocycles. The van der Waals surface area contributed by atoms with Gasteiger partial charge in [0.05, 0.1) is 5.92 Å². The van der Waals surface area contributed by atoms with Gasteiger partial charge in [0, 0.05) is 6.42 Å². The summed E-state index contributed by atoms with van der Waals surface area (Å²) in [6.45, 7) is -0.525. The van der Waals surface area contributed by atoms with Crippen molar-refractivity contribution in [3.8, 4) is 5.75 Å². The number of rotatable bonds is 11. The Labute approximate surface area is 128 Å². The third kappa shape index (κ3) is 7.06. The third-order valence-corrected chi connectivity index (χ3v) is 3.34. The fourth-order valence-corrected chi connectivity index (χ4v) is 2.14. The van der Waals surface area contributed by atoms with E-state index in [1.807, 2.05) is 12.1 Å². The van der Waals surface area contributed by atoms with E-state index in [-0.39, 0.29) is 13.0 Å². The molecular formula is C16H21FO5. The fourth-order valence-electron chi connectivity index (χ4n) is 2.14. The van der Waals surface area contributed by atoms with Crippen LogP contribution < -0.4 is 4.74 Å². The molecule has 1 unspecified atom stereocenters. The van der Waals surface area contributed by atoms with Gasteiger partial charge in [-0.25, -0.2) is 4.39 Å². The van der Waals surface area contributed by atoms with E-state index in [0.29, 0.717) is 31.4 Å². The Morgan fingerprint density at radius 1 is 1.14 bits per heavy atom. The van der Waals surface area contributed by atoms with Crippen molar-refractivity contribution in [3.05, 3.63) is 29.8 Å². The number of alkyl halides is 1. The Balaban J connectivity index is 2.43. The SMILES string of the molecule is O=C(O)CCCC(CCc1ccc(OCCF)cc1)C(=O)O. The molecule has 122 valence electrons. The summed E-state index contributed by atoms with van der Waals surface area (Å²) in [7, 11) is 0. The van der Waals surface area contributed by atoms with Gasteiger partial charge in [0.25, 0.3) is 0 Å². The molecule has 0 heterocycles. The molecule has 22 heavy (non-hydrogen) atoms. The van der Waals surface area contributed by atoms with Crippen LogP contribution in [0.4, 0.5) is 4.39 Å². The first-order valence-corrected chi connectivity index (χ1v) is 7.25. The molecule has 0 aliphatic rings. The maximum Gasteiger partial charge on any atom is 0.306 e. The molecule has 6 heteroatoms. The monoisotopic (exact) mass is 312 g/mol. The van der Waals surface area contributed by atoms with Gasteiger partial charge >= 0.3 is 11.9 Å². The van der Waals surface area contributed by atoms with Crippen LogP contribution in [0.25, 0.3) is 0 Å². The Kier molecular flexibility index (Phi) is 7.96. The normalized spacial score (nSPS) is 11.9. The maximum absolute atomic E-state index is 12.0. The van der Waals surface area contributed by atoms with Crippen molar-refractivity contribution in [2.75, 3.05) is 13.3 Å². The van der Waals surface area contributed by atoms with E-state index in [0.717, 1.165) is 5.56 Å². The van der Waals surface area contributed by atoms with E-state index in [4.69, 9.17) is 14.9 Å². The van der Waals surface area contributed by atoms with E-state index in [1.54, 1.807) is 12.1 Å². The second-order valence-corrected chi connectivity index (χ2v) is 5.04. The zero-order chi connectivity index (χ0) is 16.4. The third-order valence-electron chi connectivity index (χ3n) is 3.34. The quantitative estimate of drug-likeness (QED) is 0.656. The summed E-state index contributed by atoms with van der Waals surface area (Å²) in [6.07, 6.45) is 1.76. The van der Waals surface area contributed by atoms with Gasteiger partial charge in [-0.1, -0.05) is 12.1 Å². The lowest BCUT2D eigenvalue weighted by molar-refractivity contribution is -0.143. The molecule has 0 radical (unpaired) electrons. The highest BCUT2D eigenvalue weighted by Crippen LogP contribution is 2.19. The van der Waals surface area contributed by atoms with E-state index in [9.17, 15) is 14.0 Å². The summed E-state index contributed by atoms with van der Waals surface area (Å²) < 4.78 is 17.1. The van der Waals surface area contributed by atoms with Crippen LogP contribution in [-0.2, 0) is 16.0 Å². The maximum atomic E-state index is 12.0. The van der Waals surface area contributed by atoms with Gasteiger partial charge < -0.3 is 14.9 Å². The number of benzene rings is 1.